The largest absolute Gasteiger partial charge is 0.279 e. The Morgan fingerprint density at radius 2 is 1.90 bits per heavy atom. The molecular weight excluding hydrogens is 410 g/mol. The number of fused-ring (bicyclic) bond motifs is 1. The maximum absolute atomic E-state index is 13.5. The quantitative estimate of drug-likeness (QED) is 0.333. The van der Waals surface area contributed by atoms with Crippen LogP contribution < -0.4 is 4.90 Å². The maximum atomic E-state index is 13.5. The molecule has 2 aromatic heterocycles. The number of rotatable bonds is 6. The minimum Gasteiger partial charge on any atom is -0.279 e. The van der Waals surface area contributed by atoms with Crippen LogP contribution in [0.2, 0.25) is 0 Å². The molecule has 1 amide bonds. The fraction of sp³-hybridized carbons (Fsp3) is 0.208. The highest BCUT2D eigenvalue weighted by molar-refractivity contribution is 7.99. The standard InChI is InChI=1S/C24H23N3OS2/c1-16(2)29-20-11-9-19(10-12-20)23(28)27(15-18-7-5-13-25-14-18)24-26-22-17(3)6-4-8-21(22)30-24/h4-14,16H,15H2,1-3H3. The van der Waals surface area contributed by atoms with Crippen LogP contribution in [0.15, 0.2) is 71.9 Å². The van der Waals surface area contributed by atoms with Crippen LogP contribution in [-0.4, -0.2) is 21.1 Å². The molecule has 2 aromatic carbocycles. The van der Waals surface area contributed by atoms with Crippen LogP contribution in [0.25, 0.3) is 10.2 Å². The molecule has 30 heavy (non-hydrogen) atoms. The third kappa shape index (κ3) is 4.55. The highest BCUT2D eigenvalue weighted by Gasteiger charge is 2.22. The summed E-state index contributed by atoms with van der Waals surface area (Å²) in [5.74, 6) is -0.0586. The van der Waals surface area contributed by atoms with Crippen LogP contribution >= 0.6 is 23.1 Å². The second kappa shape index (κ2) is 8.98. The molecule has 152 valence electrons. The van der Waals surface area contributed by atoms with Gasteiger partial charge in [-0.1, -0.05) is 43.4 Å². The van der Waals surface area contributed by atoms with E-state index in [1.165, 1.54) is 0 Å². The summed E-state index contributed by atoms with van der Waals surface area (Å²) in [5.41, 5.74) is 3.68. The van der Waals surface area contributed by atoms with Crippen molar-refractivity contribution >= 4 is 44.4 Å². The molecule has 0 saturated carbocycles. The second-order valence-electron chi connectivity index (χ2n) is 7.36. The fourth-order valence-electron chi connectivity index (χ4n) is 3.19. The number of carbonyl (C=O) groups excluding carboxylic acids is 1. The molecule has 4 nitrogen and oxygen atoms in total. The molecule has 0 atom stereocenters. The summed E-state index contributed by atoms with van der Waals surface area (Å²) in [5, 5.41) is 1.20. The van der Waals surface area contributed by atoms with Crippen molar-refractivity contribution in [3.63, 3.8) is 0 Å². The van der Waals surface area contributed by atoms with Gasteiger partial charge in [0.15, 0.2) is 5.13 Å². The van der Waals surface area contributed by atoms with Crippen LogP contribution in [0.1, 0.15) is 35.3 Å². The number of thiazole rings is 1. The Bertz CT molecular complexity index is 1150. The van der Waals surface area contributed by atoms with Gasteiger partial charge >= 0.3 is 0 Å². The summed E-state index contributed by atoms with van der Waals surface area (Å²) in [6.07, 6.45) is 3.53. The van der Waals surface area contributed by atoms with E-state index in [0.717, 1.165) is 26.2 Å². The molecule has 0 aliphatic heterocycles. The van der Waals surface area contributed by atoms with Crippen molar-refractivity contribution in [3.8, 4) is 0 Å². The van der Waals surface area contributed by atoms with E-state index in [-0.39, 0.29) is 5.91 Å². The van der Waals surface area contributed by atoms with Gasteiger partial charge in [0.25, 0.3) is 5.91 Å². The molecule has 4 aromatic rings. The van der Waals surface area contributed by atoms with Gasteiger partial charge in [0, 0.05) is 28.1 Å². The molecule has 0 fully saturated rings. The highest BCUT2D eigenvalue weighted by atomic mass is 32.2. The number of aryl methyl sites for hydroxylation is 1. The van der Waals surface area contributed by atoms with E-state index in [4.69, 9.17) is 4.98 Å². The number of benzene rings is 2. The van der Waals surface area contributed by atoms with Crippen molar-refractivity contribution in [2.45, 2.75) is 37.5 Å². The maximum Gasteiger partial charge on any atom is 0.260 e. The molecule has 0 spiro atoms. The van der Waals surface area contributed by atoms with Gasteiger partial charge in [0.1, 0.15) is 0 Å². The third-order valence-electron chi connectivity index (χ3n) is 4.62. The molecule has 0 radical (unpaired) electrons. The minimum absolute atomic E-state index is 0.0586. The van der Waals surface area contributed by atoms with Crippen LogP contribution in [0.5, 0.6) is 0 Å². The second-order valence-corrected chi connectivity index (χ2v) is 10.0. The normalized spacial score (nSPS) is 11.2. The zero-order valence-electron chi connectivity index (χ0n) is 17.2. The first-order valence-corrected chi connectivity index (χ1v) is 11.5. The SMILES string of the molecule is Cc1cccc2sc(N(Cc3cccnc3)C(=O)c3ccc(SC(C)C)cc3)nc12. The van der Waals surface area contributed by atoms with Crippen molar-refractivity contribution in [1.29, 1.82) is 0 Å². The zero-order valence-corrected chi connectivity index (χ0v) is 18.8. The Hall–Kier alpha value is -2.70. The lowest BCUT2D eigenvalue weighted by molar-refractivity contribution is 0.0985. The number of anilines is 1. The summed E-state index contributed by atoms with van der Waals surface area (Å²) < 4.78 is 1.08. The molecule has 2 heterocycles. The third-order valence-corrected chi connectivity index (χ3v) is 6.68. The van der Waals surface area contributed by atoms with Crippen LogP contribution in [0, 0.1) is 6.92 Å². The smallest absolute Gasteiger partial charge is 0.260 e. The van der Waals surface area contributed by atoms with Gasteiger partial charge < -0.3 is 0 Å². The van der Waals surface area contributed by atoms with Crippen LogP contribution in [-0.2, 0) is 6.54 Å². The summed E-state index contributed by atoms with van der Waals surface area (Å²) in [6.45, 7) is 6.79. The molecular formula is C24H23N3OS2. The number of aromatic nitrogens is 2. The van der Waals surface area contributed by atoms with Gasteiger partial charge in [0.05, 0.1) is 16.8 Å². The average Bonchev–Trinajstić information content (AvgIpc) is 3.18. The predicted molar refractivity (Wildman–Crippen MR) is 127 cm³/mol. The Kier molecular flexibility index (Phi) is 6.16. The number of hydrogen-bond acceptors (Lipinski definition) is 5. The van der Waals surface area contributed by atoms with E-state index in [9.17, 15) is 4.79 Å². The number of hydrogen-bond donors (Lipinski definition) is 0. The molecule has 0 aliphatic rings. The average molecular weight is 434 g/mol. The van der Waals surface area contributed by atoms with E-state index in [2.05, 4.69) is 18.8 Å². The number of nitrogens with zero attached hydrogens (tertiary/aromatic N) is 3. The van der Waals surface area contributed by atoms with Crippen molar-refractivity contribution in [2.24, 2.45) is 0 Å². The van der Waals surface area contributed by atoms with Crippen LogP contribution in [0.4, 0.5) is 5.13 Å². The molecule has 6 heteroatoms. The zero-order chi connectivity index (χ0) is 21.1. The summed E-state index contributed by atoms with van der Waals surface area (Å²) in [4.78, 5) is 25.4. The lowest BCUT2D eigenvalue weighted by atomic mass is 10.2. The van der Waals surface area contributed by atoms with Crippen molar-refractivity contribution in [1.82, 2.24) is 9.97 Å². The summed E-state index contributed by atoms with van der Waals surface area (Å²) in [7, 11) is 0. The van der Waals surface area contributed by atoms with E-state index in [1.807, 2.05) is 61.5 Å². The molecule has 0 unspecified atom stereocenters. The predicted octanol–water partition coefficient (Wildman–Crippen LogP) is 6.35. The highest BCUT2D eigenvalue weighted by Crippen LogP contribution is 2.32. The number of para-hydroxylation sites is 1. The van der Waals surface area contributed by atoms with Crippen molar-refractivity contribution < 1.29 is 4.79 Å². The van der Waals surface area contributed by atoms with Crippen LogP contribution in [0.3, 0.4) is 0 Å². The monoisotopic (exact) mass is 433 g/mol. The summed E-state index contributed by atoms with van der Waals surface area (Å²) in [6, 6.07) is 17.8. The lowest BCUT2D eigenvalue weighted by Crippen LogP contribution is -2.30. The molecule has 0 saturated heterocycles. The fourth-order valence-corrected chi connectivity index (χ4v) is 5.07. The van der Waals surface area contributed by atoms with Gasteiger partial charge in [-0.15, -0.1) is 11.8 Å². The van der Waals surface area contributed by atoms with E-state index < -0.39 is 0 Å². The van der Waals surface area contributed by atoms with E-state index in [1.54, 1.807) is 40.4 Å². The van der Waals surface area contributed by atoms with Crippen molar-refractivity contribution in [2.75, 3.05) is 4.90 Å². The first kappa shape index (κ1) is 20.6. The number of thioether (sulfide) groups is 1. The molecule has 0 aliphatic carbocycles. The van der Waals surface area contributed by atoms with E-state index in [0.29, 0.717) is 22.5 Å². The summed E-state index contributed by atoms with van der Waals surface area (Å²) >= 11 is 3.33. The van der Waals surface area contributed by atoms with Gasteiger partial charge in [-0.3, -0.25) is 14.7 Å². The van der Waals surface area contributed by atoms with Crippen molar-refractivity contribution in [3.05, 3.63) is 83.7 Å². The first-order valence-electron chi connectivity index (χ1n) is 9.85. The molecule has 0 bridgehead atoms. The Morgan fingerprint density at radius 3 is 2.57 bits per heavy atom. The molecule has 4 rings (SSSR count). The van der Waals surface area contributed by atoms with Gasteiger partial charge in [0.2, 0.25) is 0 Å². The number of pyridine rings is 1. The minimum atomic E-state index is -0.0586. The Morgan fingerprint density at radius 1 is 1.10 bits per heavy atom. The first-order chi connectivity index (χ1) is 14.5. The van der Waals surface area contributed by atoms with Gasteiger partial charge in [-0.05, 0) is 54.4 Å². The number of carbonyl (C=O) groups is 1. The molecule has 0 N–H and O–H groups in total. The lowest BCUT2D eigenvalue weighted by Gasteiger charge is -2.20. The van der Waals surface area contributed by atoms with Gasteiger partial charge in [-0.2, -0.15) is 0 Å². The Labute approximate surface area is 185 Å². The van der Waals surface area contributed by atoms with Gasteiger partial charge in [-0.25, -0.2) is 4.98 Å². The van der Waals surface area contributed by atoms with E-state index >= 15 is 0 Å². The Balaban J connectivity index is 1.70. The topological polar surface area (TPSA) is 46.1 Å². The number of amides is 1.